The number of fused-ring (bicyclic) bond motifs is 8. The molecule has 0 N–H and O–H groups in total. The van der Waals surface area contributed by atoms with Crippen molar-refractivity contribution in [3.63, 3.8) is 0 Å². The molecule has 0 bridgehead atoms. The molecule has 0 saturated carbocycles. The fourth-order valence-corrected chi connectivity index (χ4v) is 7.91. The first kappa shape index (κ1) is 25.1. The number of hydrogen-bond acceptors (Lipinski definition) is 2. The Morgan fingerprint density at radius 3 is 1.77 bits per heavy atom. The van der Waals surface area contributed by atoms with Crippen LogP contribution in [0.25, 0.3) is 63.6 Å². The Bertz CT molecular complexity index is 2490. The van der Waals surface area contributed by atoms with Crippen molar-refractivity contribution in [2.75, 3.05) is 4.90 Å². The van der Waals surface area contributed by atoms with Gasteiger partial charge in [0.15, 0.2) is 0 Å². The van der Waals surface area contributed by atoms with Crippen molar-refractivity contribution >= 4 is 80.9 Å². The second-order valence-corrected chi connectivity index (χ2v) is 12.4. The van der Waals surface area contributed by atoms with Crippen LogP contribution in [-0.2, 0) is 0 Å². The van der Waals surface area contributed by atoms with Crippen LogP contribution in [0.15, 0.2) is 164 Å². The maximum Gasteiger partial charge on any atom is 0.0476 e. The van der Waals surface area contributed by atoms with Crippen LogP contribution in [0.5, 0.6) is 0 Å². The molecule has 1 nitrogen and oxygen atoms in total. The van der Waals surface area contributed by atoms with E-state index in [4.69, 9.17) is 0 Å². The summed E-state index contributed by atoms with van der Waals surface area (Å²) in [6.45, 7) is 0. The van der Waals surface area contributed by atoms with Crippen molar-refractivity contribution in [3.8, 4) is 11.1 Å². The Kier molecular flexibility index (Phi) is 5.75. The van der Waals surface area contributed by atoms with E-state index < -0.39 is 0 Å². The first-order chi connectivity index (χ1) is 21.8. The predicted octanol–water partition coefficient (Wildman–Crippen LogP) is 12.7. The Morgan fingerprint density at radius 1 is 0.341 bits per heavy atom. The van der Waals surface area contributed by atoms with Crippen molar-refractivity contribution in [1.82, 2.24) is 0 Å². The zero-order valence-electron chi connectivity index (χ0n) is 23.9. The van der Waals surface area contributed by atoms with Crippen LogP contribution < -0.4 is 4.90 Å². The molecule has 8 aromatic carbocycles. The number of para-hydroxylation sites is 1. The van der Waals surface area contributed by atoms with E-state index in [1.54, 1.807) is 0 Å². The van der Waals surface area contributed by atoms with Gasteiger partial charge in [0, 0.05) is 37.2 Å². The fourth-order valence-electron chi connectivity index (χ4n) is 6.77. The minimum Gasteiger partial charge on any atom is -0.310 e. The van der Waals surface area contributed by atoms with E-state index in [2.05, 4.69) is 169 Å². The van der Waals surface area contributed by atoms with Crippen LogP contribution in [0.2, 0.25) is 0 Å². The molecule has 44 heavy (non-hydrogen) atoms. The first-order valence-corrected chi connectivity index (χ1v) is 15.8. The summed E-state index contributed by atoms with van der Waals surface area (Å²) in [5.41, 5.74) is 5.91. The third-order valence-electron chi connectivity index (χ3n) is 8.84. The van der Waals surface area contributed by atoms with Gasteiger partial charge in [-0.25, -0.2) is 0 Å². The highest BCUT2D eigenvalue weighted by atomic mass is 32.1. The zero-order chi connectivity index (χ0) is 29.0. The average Bonchev–Trinajstić information content (AvgIpc) is 3.47. The molecule has 0 radical (unpaired) electrons. The number of rotatable bonds is 4. The molecular weight excluding hydrogens is 551 g/mol. The monoisotopic (exact) mass is 577 g/mol. The van der Waals surface area contributed by atoms with Crippen LogP contribution in [0.3, 0.4) is 0 Å². The van der Waals surface area contributed by atoms with Gasteiger partial charge in [-0.05, 0) is 92.0 Å². The molecular formula is C42H27NS. The van der Waals surface area contributed by atoms with E-state index in [0.29, 0.717) is 0 Å². The van der Waals surface area contributed by atoms with Gasteiger partial charge in [0.25, 0.3) is 0 Å². The third kappa shape index (κ3) is 4.00. The standard InChI is InChI=1S/C42H27NS/c1-2-11-30(12-3-1)43(32-23-25-38-37-16-8-9-17-41(37)44-42(38)26-32)31-21-18-29(19-22-31)39-27-40-33-13-5-4-10-28(33)20-24-36(40)34-14-6-7-15-35(34)39/h1-27H. The van der Waals surface area contributed by atoms with Crippen LogP contribution in [0.1, 0.15) is 0 Å². The summed E-state index contributed by atoms with van der Waals surface area (Å²) >= 11 is 1.86. The lowest BCUT2D eigenvalue weighted by Crippen LogP contribution is -2.09. The van der Waals surface area contributed by atoms with Crippen LogP contribution >= 0.6 is 11.3 Å². The summed E-state index contributed by atoms with van der Waals surface area (Å²) in [6.07, 6.45) is 0. The molecule has 0 aliphatic rings. The third-order valence-corrected chi connectivity index (χ3v) is 9.97. The molecule has 9 aromatic rings. The Morgan fingerprint density at radius 2 is 0.932 bits per heavy atom. The lowest BCUT2D eigenvalue weighted by atomic mass is 9.91. The summed E-state index contributed by atoms with van der Waals surface area (Å²) in [5, 5.41) is 10.4. The molecule has 0 aliphatic carbocycles. The normalized spacial score (nSPS) is 11.6. The zero-order valence-corrected chi connectivity index (χ0v) is 24.8. The number of thiophene rings is 1. The summed E-state index contributed by atoms with van der Waals surface area (Å²) in [5.74, 6) is 0. The maximum absolute atomic E-state index is 2.39. The largest absolute Gasteiger partial charge is 0.310 e. The van der Waals surface area contributed by atoms with Crippen LogP contribution in [0, 0.1) is 0 Å². The SMILES string of the molecule is c1ccc(N(c2ccc(-c3cc4c5ccccc5ccc4c4ccccc34)cc2)c2ccc3c(c2)sc2ccccc23)cc1. The summed E-state index contributed by atoms with van der Waals surface area (Å²) in [6, 6.07) is 59.7. The maximum atomic E-state index is 2.39. The topological polar surface area (TPSA) is 3.24 Å². The fraction of sp³-hybridized carbons (Fsp3) is 0. The highest BCUT2D eigenvalue weighted by Gasteiger charge is 2.16. The number of nitrogens with zero attached hydrogens (tertiary/aromatic N) is 1. The molecule has 0 atom stereocenters. The van der Waals surface area contributed by atoms with E-state index in [1.165, 1.54) is 63.6 Å². The lowest BCUT2D eigenvalue weighted by molar-refractivity contribution is 1.29. The highest BCUT2D eigenvalue weighted by Crippen LogP contribution is 2.42. The molecule has 0 spiro atoms. The number of benzene rings is 8. The van der Waals surface area contributed by atoms with Crippen molar-refractivity contribution in [3.05, 3.63) is 164 Å². The van der Waals surface area contributed by atoms with Gasteiger partial charge >= 0.3 is 0 Å². The van der Waals surface area contributed by atoms with Gasteiger partial charge in [0.1, 0.15) is 0 Å². The summed E-state index contributed by atoms with van der Waals surface area (Å²) < 4.78 is 2.63. The molecule has 2 heteroatoms. The van der Waals surface area contributed by atoms with Gasteiger partial charge in [-0.3, -0.25) is 0 Å². The minimum atomic E-state index is 1.14. The van der Waals surface area contributed by atoms with E-state index in [0.717, 1.165) is 17.1 Å². The summed E-state index contributed by atoms with van der Waals surface area (Å²) in [4.78, 5) is 2.36. The van der Waals surface area contributed by atoms with E-state index in [-0.39, 0.29) is 0 Å². The van der Waals surface area contributed by atoms with E-state index in [9.17, 15) is 0 Å². The second kappa shape index (κ2) is 10.1. The van der Waals surface area contributed by atoms with Gasteiger partial charge in [0.05, 0.1) is 0 Å². The predicted molar refractivity (Wildman–Crippen MR) is 192 cm³/mol. The van der Waals surface area contributed by atoms with Gasteiger partial charge in [-0.1, -0.05) is 115 Å². The molecule has 0 saturated heterocycles. The first-order valence-electron chi connectivity index (χ1n) is 15.0. The minimum absolute atomic E-state index is 1.14. The average molecular weight is 578 g/mol. The Hall–Kier alpha value is -5.44. The molecule has 0 aliphatic heterocycles. The van der Waals surface area contributed by atoms with E-state index in [1.807, 2.05) is 11.3 Å². The lowest BCUT2D eigenvalue weighted by Gasteiger charge is -2.26. The number of hydrogen-bond donors (Lipinski definition) is 0. The van der Waals surface area contributed by atoms with Gasteiger partial charge < -0.3 is 4.90 Å². The van der Waals surface area contributed by atoms with E-state index >= 15 is 0 Å². The number of anilines is 3. The molecule has 1 heterocycles. The molecule has 0 unspecified atom stereocenters. The molecule has 206 valence electrons. The highest BCUT2D eigenvalue weighted by molar-refractivity contribution is 7.25. The van der Waals surface area contributed by atoms with Gasteiger partial charge in [-0.15, -0.1) is 11.3 Å². The van der Waals surface area contributed by atoms with Gasteiger partial charge in [0.2, 0.25) is 0 Å². The molecule has 9 rings (SSSR count). The van der Waals surface area contributed by atoms with Crippen molar-refractivity contribution < 1.29 is 0 Å². The van der Waals surface area contributed by atoms with Crippen molar-refractivity contribution in [2.45, 2.75) is 0 Å². The smallest absolute Gasteiger partial charge is 0.0476 e. The quantitative estimate of drug-likeness (QED) is 0.188. The molecule has 0 fully saturated rings. The second-order valence-electron chi connectivity index (χ2n) is 11.3. The molecule has 0 amide bonds. The Balaban J connectivity index is 1.20. The summed E-state index contributed by atoms with van der Waals surface area (Å²) in [7, 11) is 0. The molecule has 1 aromatic heterocycles. The van der Waals surface area contributed by atoms with Crippen LogP contribution in [-0.4, -0.2) is 0 Å². The van der Waals surface area contributed by atoms with Gasteiger partial charge in [-0.2, -0.15) is 0 Å². The van der Waals surface area contributed by atoms with Crippen LogP contribution in [0.4, 0.5) is 17.1 Å². The van der Waals surface area contributed by atoms with Crippen molar-refractivity contribution in [2.24, 2.45) is 0 Å². The van der Waals surface area contributed by atoms with Crippen molar-refractivity contribution in [1.29, 1.82) is 0 Å². The Labute approximate surface area is 259 Å².